The molecule has 0 aliphatic rings. The molecule has 0 aliphatic heterocycles. The molecule has 0 radical (unpaired) electrons. The van der Waals surface area contributed by atoms with E-state index in [1.165, 1.54) is 42.7 Å². The Labute approximate surface area is 203 Å². The molecule has 0 fully saturated rings. The van der Waals surface area contributed by atoms with E-state index < -0.39 is 10.0 Å². The molecule has 0 aliphatic carbocycles. The summed E-state index contributed by atoms with van der Waals surface area (Å²) in [5.74, 6) is 0.161. The number of para-hydroxylation sites is 2. The number of anilines is 1. The van der Waals surface area contributed by atoms with E-state index in [2.05, 4.69) is 5.32 Å². The first-order valence-corrected chi connectivity index (χ1v) is 12.8. The number of sulfonamides is 1. The smallest absolute Gasteiger partial charge is 0.264 e. The van der Waals surface area contributed by atoms with E-state index >= 15 is 0 Å². The molecule has 174 valence electrons. The molecule has 1 heterocycles. The average molecular weight is 493 g/mol. The van der Waals surface area contributed by atoms with E-state index in [1.807, 2.05) is 47.8 Å². The SMILES string of the molecule is COc1ccccc1N(C)S(=O)(=O)c1ccc(C(=O)NC(c2ccccc2)c2cccs2)cc1. The monoisotopic (exact) mass is 492 g/mol. The minimum Gasteiger partial charge on any atom is -0.495 e. The lowest BCUT2D eigenvalue weighted by Gasteiger charge is -2.22. The fraction of sp³-hybridized carbons (Fsp3) is 0.115. The summed E-state index contributed by atoms with van der Waals surface area (Å²) in [7, 11) is -0.882. The third kappa shape index (κ3) is 4.83. The molecule has 1 aromatic heterocycles. The average Bonchev–Trinajstić information content (AvgIpc) is 3.42. The van der Waals surface area contributed by atoms with E-state index in [1.54, 1.807) is 35.6 Å². The van der Waals surface area contributed by atoms with Gasteiger partial charge in [-0.1, -0.05) is 48.5 Å². The largest absolute Gasteiger partial charge is 0.495 e. The molecule has 4 rings (SSSR count). The first kappa shape index (κ1) is 23.5. The van der Waals surface area contributed by atoms with E-state index in [9.17, 15) is 13.2 Å². The highest BCUT2D eigenvalue weighted by Crippen LogP contribution is 2.31. The summed E-state index contributed by atoms with van der Waals surface area (Å²) in [5.41, 5.74) is 1.76. The van der Waals surface area contributed by atoms with Crippen LogP contribution in [-0.2, 0) is 10.0 Å². The van der Waals surface area contributed by atoms with Crippen molar-refractivity contribution < 1.29 is 17.9 Å². The second kappa shape index (κ2) is 10.1. The normalized spacial score (nSPS) is 12.1. The number of nitrogens with zero attached hydrogens (tertiary/aromatic N) is 1. The van der Waals surface area contributed by atoms with Crippen molar-refractivity contribution in [2.24, 2.45) is 0 Å². The molecule has 0 spiro atoms. The maximum atomic E-state index is 13.2. The van der Waals surface area contributed by atoms with Gasteiger partial charge in [-0.2, -0.15) is 0 Å². The van der Waals surface area contributed by atoms with Gasteiger partial charge in [0.15, 0.2) is 0 Å². The number of ether oxygens (including phenoxy) is 1. The van der Waals surface area contributed by atoms with Crippen LogP contribution in [0.3, 0.4) is 0 Å². The number of carbonyl (C=O) groups is 1. The van der Waals surface area contributed by atoms with Crippen LogP contribution in [0.5, 0.6) is 5.75 Å². The van der Waals surface area contributed by atoms with Gasteiger partial charge in [-0.05, 0) is 53.4 Å². The first-order chi connectivity index (χ1) is 16.4. The van der Waals surface area contributed by atoms with Gasteiger partial charge in [-0.15, -0.1) is 11.3 Å². The lowest BCUT2D eigenvalue weighted by Crippen LogP contribution is -2.29. The summed E-state index contributed by atoms with van der Waals surface area (Å²) in [5, 5.41) is 5.04. The highest BCUT2D eigenvalue weighted by Gasteiger charge is 2.24. The topological polar surface area (TPSA) is 75.7 Å². The van der Waals surface area contributed by atoms with Gasteiger partial charge < -0.3 is 10.1 Å². The molecule has 34 heavy (non-hydrogen) atoms. The minimum absolute atomic E-state index is 0.0790. The van der Waals surface area contributed by atoms with E-state index in [0.29, 0.717) is 17.0 Å². The third-order valence-corrected chi connectivity index (χ3v) is 8.16. The fourth-order valence-corrected chi connectivity index (χ4v) is 5.60. The quantitative estimate of drug-likeness (QED) is 0.371. The van der Waals surface area contributed by atoms with Gasteiger partial charge in [0, 0.05) is 17.5 Å². The number of nitrogens with one attached hydrogen (secondary N) is 1. The van der Waals surface area contributed by atoms with Crippen LogP contribution in [0.15, 0.2) is 101 Å². The van der Waals surface area contributed by atoms with Crippen molar-refractivity contribution in [2.75, 3.05) is 18.5 Å². The zero-order chi connectivity index (χ0) is 24.1. The number of amides is 1. The van der Waals surface area contributed by atoms with Crippen molar-refractivity contribution in [2.45, 2.75) is 10.9 Å². The number of rotatable bonds is 8. The Bertz CT molecular complexity index is 1350. The van der Waals surface area contributed by atoms with Crippen molar-refractivity contribution in [3.63, 3.8) is 0 Å². The third-order valence-electron chi connectivity index (χ3n) is 5.44. The summed E-state index contributed by atoms with van der Waals surface area (Å²) in [6.07, 6.45) is 0. The van der Waals surface area contributed by atoms with Gasteiger partial charge in [0.25, 0.3) is 15.9 Å². The lowest BCUT2D eigenvalue weighted by molar-refractivity contribution is 0.0943. The molecule has 4 aromatic rings. The molecule has 0 bridgehead atoms. The van der Waals surface area contributed by atoms with Gasteiger partial charge >= 0.3 is 0 Å². The van der Waals surface area contributed by atoms with Crippen molar-refractivity contribution in [1.82, 2.24) is 5.32 Å². The number of carbonyl (C=O) groups excluding carboxylic acids is 1. The van der Waals surface area contributed by atoms with Crippen molar-refractivity contribution >= 4 is 33.0 Å². The van der Waals surface area contributed by atoms with Crippen LogP contribution in [0.1, 0.15) is 26.8 Å². The van der Waals surface area contributed by atoms with E-state index in [0.717, 1.165) is 10.4 Å². The molecular formula is C26H24N2O4S2. The summed E-state index contributed by atoms with van der Waals surface area (Å²) >= 11 is 1.56. The molecule has 0 saturated heterocycles. The zero-order valence-corrected chi connectivity index (χ0v) is 20.3. The highest BCUT2D eigenvalue weighted by molar-refractivity contribution is 7.92. The summed E-state index contributed by atoms with van der Waals surface area (Å²) < 4.78 is 32.8. The second-order valence-corrected chi connectivity index (χ2v) is 10.4. The molecule has 1 N–H and O–H groups in total. The standard InChI is InChI=1S/C26H24N2O4S2/c1-28(22-11-6-7-12-23(22)32-2)34(30,31)21-16-14-20(15-17-21)26(29)27-25(24-13-8-18-33-24)19-9-4-3-5-10-19/h3-18,25H,1-2H3,(H,27,29). The summed E-state index contributed by atoms with van der Waals surface area (Å²) in [6.45, 7) is 0. The van der Waals surface area contributed by atoms with Gasteiger partial charge in [-0.3, -0.25) is 9.10 Å². The van der Waals surface area contributed by atoms with Crippen LogP contribution >= 0.6 is 11.3 Å². The van der Waals surface area contributed by atoms with Crippen LogP contribution in [0.2, 0.25) is 0 Å². The van der Waals surface area contributed by atoms with E-state index in [4.69, 9.17) is 4.74 Å². The van der Waals surface area contributed by atoms with Crippen LogP contribution in [0.4, 0.5) is 5.69 Å². The predicted molar refractivity (Wildman–Crippen MR) is 135 cm³/mol. The molecule has 0 saturated carbocycles. The highest BCUT2D eigenvalue weighted by atomic mass is 32.2. The Kier molecular flexibility index (Phi) is 7.00. The Morgan fingerprint density at radius 1 is 0.912 bits per heavy atom. The molecule has 8 heteroatoms. The number of thiophene rings is 1. The minimum atomic E-state index is -3.85. The van der Waals surface area contributed by atoms with Crippen molar-refractivity contribution in [3.8, 4) is 5.75 Å². The number of benzene rings is 3. The molecule has 6 nitrogen and oxygen atoms in total. The van der Waals surface area contributed by atoms with E-state index in [-0.39, 0.29) is 16.8 Å². The molecular weight excluding hydrogens is 468 g/mol. The summed E-state index contributed by atoms with van der Waals surface area (Å²) in [6, 6.07) is 26.2. The maximum Gasteiger partial charge on any atom is 0.264 e. The van der Waals surface area contributed by atoms with Gasteiger partial charge in [0.2, 0.25) is 0 Å². The zero-order valence-electron chi connectivity index (χ0n) is 18.7. The van der Waals surface area contributed by atoms with Crippen LogP contribution < -0.4 is 14.4 Å². The van der Waals surface area contributed by atoms with Crippen molar-refractivity contribution in [3.05, 3.63) is 112 Å². The summed E-state index contributed by atoms with van der Waals surface area (Å²) in [4.78, 5) is 14.1. The number of hydrogen-bond donors (Lipinski definition) is 1. The fourth-order valence-electron chi connectivity index (χ4n) is 3.59. The first-order valence-electron chi connectivity index (χ1n) is 10.5. The van der Waals surface area contributed by atoms with Crippen molar-refractivity contribution in [1.29, 1.82) is 0 Å². The Hall–Kier alpha value is -3.62. The predicted octanol–water partition coefficient (Wildman–Crippen LogP) is 5.10. The Morgan fingerprint density at radius 3 is 2.24 bits per heavy atom. The van der Waals surface area contributed by atoms with Gasteiger partial charge in [0.1, 0.15) is 5.75 Å². The molecule has 3 aromatic carbocycles. The molecule has 1 amide bonds. The van der Waals surface area contributed by atoms with Gasteiger partial charge in [0.05, 0.1) is 23.7 Å². The Balaban J connectivity index is 1.56. The van der Waals surface area contributed by atoms with Crippen LogP contribution in [0.25, 0.3) is 0 Å². The number of methoxy groups -OCH3 is 1. The molecule has 1 unspecified atom stereocenters. The van der Waals surface area contributed by atoms with Gasteiger partial charge in [-0.25, -0.2) is 8.42 Å². The second-order valence-electron chi connectivity index (χ2n) is 7.50. The Morgan fingerprint density at radius 2 is 1.59 bits per heavy atom. The van der Waals surface area contributed by atoms with Crippen LogP contribution in [-0.4, -0.2) is 28.5 Å². The maximum absolute atomic E-state index is 13.2. The van der Waals surface area contributed by atoms with Crippen LogP contribution in [0, 0.1) is 0 Å². The number of hydrogen-bond acceptors (Lipinski definition) is 5. The molecule has 1 atom stereocenters. The lowest BCUT2D eigenvalue weighted by atomic mass is 10.0.